The Balaban J connectivity index is 2.10. The van der Waals surface area contributed by atoms with Gasteiger partial charge in [-0.25, -0.2) is 13.4 Å². The summed E-state index contributed by atoms with van der Waals surface area (Å²) in [6.07, 6.45) is 5.03. The second kappa shape index (κ2) is 3.69. The van der Waals surface area contributed by atoms with Gasteiger partial charge in [0.25, 0.3) is 0 Å². The van der Waals surface area contributed by atoms with E-state index in [2.05, 4.69) is 9.71 Å². The molecule has 1 aliphatic carbocycles. The van der Waals surface area contributed by atoms with E-state index in [-0.39, 0.29) is 5.82 Å². The van der Waals surface area contributed by atoms with Crippen molar-refractivity contribution in [3.63, 3.8) is 0 Å². The van der Waals surface area contributed by atoms with Crippen LogP contribution in [0.5, 0.6) is 5.75 Å². The first-order valence-corrected chi connectivity index (χ1v) is 6.52. The molecular weight excluding hydrogens is 216 g/mol. The third-order valence-corrected chi connectivity index (χ3v) is 2.43. The Labute approximate surface area is 88.5 Å². The van der Waals surface area contributed by atoms with Crippen LogP contribution in [0.1, 0.15) is 12.8 Å². The summed E-state index contributed by atoms with van der Waals surface area (Å²) in [5, 5.41) is 0. The van der Waals surface area contributed by atoms with Crippen molar-refractivity contribution in [2.24, 2.45) is 0 Å². The van der Waals surface area contributed by atoms with Crippen molar-refractivity contribution in [3.8, 4) is 5.75 Å². The van der Waals surface area contributed by atoms with Gasteiger partial charge in [-0.15, -0.1) is 0 Å². The van der Waals surface area contributed by atoms with Gasteiger partial charge in [0, 0.05) is 12.3 Å². The van der Waals surface area contributed by atoms with Crippen LogP contribution in [0.25, 0.3) is 0 Å². The molecule has 0 spiro atoms. The molecule has 1 N–H and O–H groups in total. The molecule has 1 aromatic rings. The fourth-order valence-corrected chi connectivity index (χ4v) is 1.60. The fraction of sp³-hybridized carbons (Fsp3) is 0.444. The van der Waals surface area contributed by atoms with Gasteiger partial charge in [0.1, 0.15) is 11.6 Å². The van der Waals surface area contributed by atoms with E-state index in [1.807, 2.05) is 0 Å². The van der Waals surface area contributed by atoms with Gasteiger partial charge in [-0.3, -0.25) is 4.72 Å². The lowest BCUT2D eigenvalue weighted by Gasteiger charge is -2.06. The average molecular weight is 228 g/mol. The molecule has 0 amide bonds. The van der Waals surface area contributed by atoms with E-state index in [1.165, 1.54) is 6.20 Å². The molecule has 1 heterocycles. The maximum Gasteiger partial charge on any atom is 0.230 e. The lowest BCUT2D eigenvalue weighted by atomic mass is 10.4. The smallest absolute Gasteiger partial charge is 0.230 e. The van der Waals surface area contributed by atoms with Crippen molar-refractivity contribution in [1.82, 2.24) is 4.98 Å². The summed E-state index contributed by atoms with van der Waals surface area (Å²) in [5.74, 6) is 0.939. The summed E-state index contributed by atoms with van der Waals surface area (Å²) in [4.78, 5) is 3.88. The van der Waals surface area contributed by atoms with E-state index >= 15 is 0 Å². The number of sulfonamides is 1. The van der Waals surface area contributed by atoms with Crippen LogP contribution in [0.4, 0.5) is 5.82 Å². The first-order valence-electron chi connectivity index (χ1n) is 4.63. The number of aromatic nitrogens is 1. The fourth-order valence-electron chi connectivity index (χ4n) is 1.11. The highest BCUT2D eigenvalue weighted by molar-refractivity contribution is 7.92. The highest BCUT2D eigenvalue weighted by atomic mass is 32.2. The second-order valence-corrected chi connectivity index (χ2v) is 5.32. The van der Waals surface area contributed by atoms with Crippen molar-refractivity contribution < 1.29 is 13.2 Å². The molecule has 82 valence electrons. The number of hydrogen-bond acceptors (Lipinski definition) is 4. The molecule has 2 rings (SSSR count). The van der Waals surface area contributed by atoms with Gasteiger partial charge < -0.3 is 4.74 Å². The van der Waals surface area contributed by atoms with Crippen molar-refractivity contribution >= 4 is 15.8 Å². The Morgan fingerprint density at radius 3 is 2.87 bits per heavy atom. The van der Waals surface area contributed by atoms with E-state index in [0.717, 1.165) is 19.1 Å². The second-order valence-electron chi connectivity index (χ2n) is 3.57. The number of nitrogens with zero attached hydrogens (tertiary/aromatic N) is 1. The zero-order valence-electron chi connectivity index (χ0n) is 8.30. The number of pyridine rings is 1. The van der Waals surface area contributed by atoms with Gasteiger partial charge in [0.15, 0.2) is 0 Å². The standard InChI is InChI=1S/C9H12N2O3S/c1-15(12,13)11-9-6-8(4-5-10-9)14-7-2-3-7/h4-7H,2-3H2,1H3,(H,10,11). The number of ether oxygens (including phenoxy) is 1. The Morgan fingerprint density at radius 2 is 2.27 bits per heavy atom. The van der Waals surface area contributed by atoms with Crippen LogP contribution < -0.4 is 9.46 Å². The summed E-state index contributed by atoms with van der Waals surface area (Å²) in [7, 11) is -3.27. The minimum absolute atomic E-state index is 0.288. The summed E-state index contributed by atoms with van der Waals surface area (Å²) in [6, 6.07) is 3.30. The van der Waals surface area contributed by atoms with E-state index in [4.69, 9.17) is 4.74 Å². The molecule has 6 heteroatoms. The molecule has 0 saturated heterocycles. The number of rotatable bonds is 4. The quantitative estimate of drug-likeness (QED) is 0.834. The van der Waals surface area contributed by atoms with Gasteiger partial charge in [-0.05, 0) is 18.9 Å². The molecule has 0 bridgehead atoms. The van der Waals surface area contributed by atoms with Crippen molar-refractivity contribution in [3.05, 3.63) is 18.3 Å². The molecule has 1 fully saturated rings. The average Bonchev–Trinajstić information content (AvgIpc) is 2.85. The molecule has 1 aromatic heterocycles. The van der Waals surface area contributed by atoms with Gasteiger partial charge in [-0.2, -0.15) is 0 Å². The predicted octanol–water partition coefficient (Wildman–Crippen LogP) is 0.994. The highest BCUT2D eigenvalue weighted by Crippen LogP contribution is 2.27. The Morgan fingerprint density at radius 1 is 1.53 bits per heavy atom. The van der Waals surface area contributed by atoms with Crippen molar-refractivity contribution in [2.75, 3.05) is 11.0 Å². The first kappa shape index (κ1) is 10.2. The molecule has 0 aliphatic heterocycles. The molecule has 1 saturated carbocycles. The van der Waals surface area contributed by atoms with E-state index in [0.29, 0.717) is 11.9 Å². The maximum atomic E-state index is 11.0. The summed E-state index contributed by atoms with van der Waals surface area (Å²) in [5.41, 5.74) is 0. The summed E-state index contributed by atoms with van der Waals surface area (Å²) < 4.78 is 29.7. The minimum atomic E-state index is -3.27. The van der Waals surface area contributed by atoms with Crippen LogP contribution in [0.3, 0.4) is 0 Å². The molecule has 0 unspecified atom stereocenters. The van der Waals surface area contributed by atoms with Gasteiger partial charge >= 0.3 is 0 Å². The number of anilines is 1. The largest absolute Gasteiger partial charge is 0.490 e. The molecule has 0 radical (unpaired) electrons. The van der Waals surface area contributed by atoms with E-state index in [1.54, 1.807) is 12.1 Å². The molecule has 15 heavy (non-hydrogen) atoms. The Hall–Kier alpha value is -1.30. The molecule has 5 nitrogen and oxygen atoms in total. The SMILES string of the molecule is CS(=O)(=O)Nc1cc(OC2CC2)ccn1. The van der Waals surface area contributed by atoms with E-state index < -0.39 is 10.0 Å². The Bertz CT molecular complexity index is 454. The molecule has 0 aromatic carbocycles. The van der Waals surface area contributed by atoms with Crippen LogP contribution >= 0.6 is 0 Å². The van der Waals surface area contributed by atoms with Crippen LogP contribution in [-0.2, 0) is 10.0 Å². The van der Waals surface area contributed by atoms with Gasteiger partial charge in [0.05, 0.1) is 12.4 Å². The van der Waals surface area contributed by atoms with Gasteiger partial charge in [0.2, 0.25) is 10.0 Å². The maximum absolute atomic E-state index is 11.0. The number of nitrogens with one attached hydrogen (secondary N) is 1. The first-order chi connectivity index (χ1) is 7.03. The van der Waals surface area contributed by atoms with Crippen LogP contribution in [-0.4, -0.2) is 25.8 Å². The lowest BCUT2D eigenvalue weighted by Crippen LogP contribution is -2.10. The van der Waals surface area contributed by atoms with Crippen LogP contribution in [0.2, 0.25) is 0 Å². The van der Waals surface area contributed by atoms with Crippen LogP contribution in [0.15, 0.2) is 18.3 Å². The zero-order chi connectivity index (χ0) is 10.9. The summed E-state index contributed by atoms with van der Waals surface area (Å²) >= 11 is 0. The van der Waals surface area contributed by atoms with E-state index in [9.17, 15) is 8.42 Å². The molecule has 1 aliphatic rings. The predicted molar refractivity (Wildman–Crippen MR) is 56.4 cm³/mol. The number of hydrogen-bond donors (Lipinski definition) is 1. The Kier molecular flexibility index (Phi) is 2.52. The zero-order valence-corrected chi connectivity index (χ0v) is 9.12. The monoisotopic (exact) mass is 228 g/mol. The third-order valence-electron chi connectivity index (χ3n) is 1.85. The normalized spacial score (nSPS) is 16.1. The summed E-state index contributed by atoms with van der Waals surface area (Å²) in [6.45, 7) is 0. The van der Waals surface area contributed by atoms with Gasteiger partial charge in [-0.1, -0.05) is 0 Å². The molecule has 0 atom stereocenters. The minimum Gasteiger partial charge on any atom is -0.490 e. The van der Waals surface area contributed by atoms with Crippen molar-refractivity contribution in [1.29, 1.82) is 0 Å². The topological polar surface area (TPSA) is 68.3 Å². The molecular formula is C9H12N2O3S. The lowest BCUT2D eigenvalue weighted by molar-refractivity contribution is 0.303. The van der Waals surface area contributed by atoms with Crippen LogP contribution in [0, 0.1) is 0 Å². The highest BCUT2D eigenvalue weighted by Gasteiger charge is 2.23. The van der Waals surface area contributed by atoms with Crippen molar-refractivity contribution in [2.45, 2.75) is 18.9 Å². The third kappa shape index (κ3) is 3.39.